The van der Waals surface area contributed by atoms with Crippen molar-refractivity contribution in [3.8, 4) is 0 Å². The molecule has 1 fully saturated rings. The minimum atomic E-state index is 0.484. The van der Waals surface area contributed by atoms with Gasteiger partial charge in [-0.3, -0.25) is 0 Å². The van der Waals surface area contributed by atoms with Crippen molar-refractivity contribution in [1.82, 2.24) is 5.32 Å². The molecule has 0 aromatic carbocycles. The largest absolute Gasteiger partial charge is 0.316 e. The first-order valence-electron chi connectivity index (χ1n) is 5.71. The Bertz CT molecular complexity index is 140. The van der Waals surface area contributed by atoms with Gasteiger partial charge in [0.2, 0.25) is 0 Å². The van der Waals surface area contributed by atoms with E-state index in [1.54, 1.807) is 0 Å². The number of hydrogen-bond donors (Lipinski definition) is 1. The molecular weight excluding hydrogens is 158 g/mol. The highest BCUT2D eigenvalue weighted by molar-refractivity contribution is 4.76. The molecule has 0 saturated carbocycles. The molecule has 0 bridgehead atoms. The van der Waals surface area contributed by atoms with Gasteiger partial charge in [-0.25, -0.2) is 0 Å². The van der Waals surface area contributed by atoms with Crippen molar-refractivity contribution in [3.63, 3.8) is 0 Å². The van der Waals surface area contributed by atoms with E-state index < -0.39 is 0 Å². The lowest BCUT2D eigenvalue weighted by atomic mass is 9.76. The molecule has 1 heterocycles. The zero-order valence-electron chi connectivity index (χ0n) is 9.69. The summed E-state index contributed by atoms with van der Waals surface area (Å²) in [7, 11) is 0. The number of nitrogens with one attached hydrogen (secondary N) is 1. The fourth-order valence-corrected chi connectivity index (χ4v) is 1.98. The lowest BCUT2D eigenvalue weighted by molar-refractivity contribution is 0.197. The van der Waals surface area contributed by atoms with Gasteiger partial charge in [-0.05, 0) is 49.6 Å². The molecule has 0 amide bonds. The molecule has 0 aromatic rings. The summed E-state index contributed by atoms with van der Waals surface area (Å²) in [5.74, 6) is 1.78. The Balaban J connectivity index is 2.30. The topological polar surface area (TPSA) is 12.0 Å². The number of rotatable bonds is 2. The van der Waals surface area contributed by atoms with Crippen molar-refractivity contribution >= 4 is 0 Å². The highest BCUT2D eigenvalue weighted by atomic mass is 14.9. The predicted octanol–water partition coefficient (Wildman–Crippen LogP) is 3.06. The Morgan fingerprint density at radius 2 is 2.08 bits per heavy atom. The van der Waals surface area contributed by atoms with Crippen LogP contribution in [0, 0.1) is 17.3 Å². The van der Waals surface area contributed by atoms with Gasteiger partial charge in [-0.2, -0.15) is 0 Å². The van der Waals surface area contributed by atoms with Crippen LogP contribution in [0.3, 0.4) is 0 Å². The molecule has 78 valence electrons. The van der Waals surface area contributed by atoms with Crippen molar-refractivity contribution in [2.75, 3.05) is 13.1 Å². The second kappa shape index (κ2) is 4.45. The molecule has 1 N–H and O–H groups in total. The first-order chi connectivity index (χ1) is 6.00. The lowest BCUT2D eigenvalue weighted by Crippen LogP contribution is -2.32. The zero-order chi connectivity index (χ0) is 9.90. The van der Waals surface area contributed by atoms with E-state index in [1.165, 1.54) is 32.4 Å². The molecule has 1 rings (SSSR count). The normalized spacial score (nSPS) is 27.2. The lowest BCUT2D eigenvalue weighted by Gasteiger charge is -2.32. The summed E-state index contributed by atoms with van der Waals surface area (Å²) < 4.78 is 0. The summed E-state index contributed by atoms with van der Waals surface area (Å²) in [6.45, 7) is 11.9. The van der Waals surface area contributed by atoms with E-state index in [2.05, 4.69) is 33.0 Å². The minimum Gasteiger partial charge on any atom is -0.316 e. The molecule has 0 aromatic heterocycles. The Hall–Kier alpha value is -0.0400. The maximum Gasteiger partial charge on any atom is -0.00204 e. The zero-order valence-corrected chi connectivity index (χ0v) is 9.69. The Labute approximate surface area is 83.3 Å². The van der Waals surface area contributed by atoms with Gasteiger partial charge in [-0.1, -0.05) is 27.7 Å². The third kappa shape index (κ3) is 3.68. The maximum absolute atomic E-state index is 3.49. The van der Waals surface area contributed by atoms with E-state index >= 15 is 0 Å². The highest BCUT2D eigenvalue weighted by Gasteiger charge is 2.24. The van der Waals surface area contributed by atoms with Crippen LogP contribution < -0.4 is 5.32 Å². The summed E-state index contributed by atoms with van der Waals surface area (Å²) in [6.07, 6.45) is 4.21. The maximum atomic E-state index is 3.49. The Kier molecular flexibility index (Phi) is 3.78. The Morgan fingerprint density at radius 3 is 2.54 bits per heavy atom. The van der Waals surface area contributed by atoms with Crippen LogP contribution in [-0.2, 0) is 0 Å². The van der Waals surface area contributed by atoms with Gasteiger partial charge in [-0.15, -0.1) is 0 Å². The van der Waals surface area contributed by atoms with E-state index in [1.807, 2.05) is 0 Å². The van der Waals surface area contributed by atoms with Crippen LogP contribution >= 0.6 is 0 Å². The third-order valence-electron chi connectivity index (χ3n) is 3.56. The van der Waals surface area contributed by atoms with Crippen LogP contribution in [0.15, 0.2) is 0 Å². The van der Waals surface area contributed by atoms with Gasteiger partial charge in [0.05, 0.1) is 0 Å². The van der Waals surface area contributed by atoms with Crippen molar-refractivity contribution in [1.29, 1.82) is 0 Å². The Morgan fingerprint density at radius 1 is 1.38 bits per heavy atom. The molecule has 1 aliphatic heterocycles. The average Bonchev–Trinajstić information content (AvgIpc) is 2.04. The van der Waals surface area contributed by atoms with Crippen molar-refractivity contribution in [3.05, 3.63) is 0 Å². The molecular formula is C12H25N. The summed E-state index contributed by atoms with van der Waals surface area (Å²) >= 11 is 0. The van der Waals surface area contributed by atoms with Gasteiger partial charge in [0.15, 0.2) is 0 Å². The highest BCUT2D eigenvalue weighted by Crippen LogP contribution is 2.32. The standard InChI is InChI=1S/C12H25N/c1-10(12(2,3)4)8-11-6-5-7-13-9-11/h10-11,13H,5-9H2,1-4H3. The van der Waals surface area contributed by atoms with Crippen molar-refractivity contribution in [2.45, 2.75) is 47.0 Å². The van der Waals surface area contributed by atoms with Gasteiger partial charge < -0.3 is 5.32 Å². The van der Waals surface area contributed by atoms with E-state index in [-0.39, 0.29) is 0 Å². The van der Waals surface area contributed by atoms with Crippen LogP contribution in [-0.4, -0.2) is 13.1 Å². The summed E-state index contributed by atoms with van der Waals surface area (Å²) in [6, 6.07) is 0. The summed E-state index contributed by atoms with van der Waals surface area (Å²) in [5, 5.41) is 3.49. The van der Waals surface area contributed by atoms with Gasteiger partial charge >= 0.3 is 0 Å². The molecule has 13 heavy (non-hydrogen) atoms. The molecule has 0 aliphatic carbocycles. The first kappa shape index (κ1) is 11.0. The second-order valence-electron chi connectivity index (χ2n) is 5.72. The van der Waals surface area contributed by atoms with Gasteiger partial charge in [0, 0.05) is 0 Å². The monoisotopic (exact) mass is 183 g/mol. The third-order valence-corrected chi connectivity index (χ3v) is 3.56. The molecule has 1 saturated heterocycles. The van der Waals surface area contributed by atoms with Crippen LogP contribution in [0.25, 0.3) is 0 Å². The number of piperidine rings is 1. The quantitative estimate of drug-likeness (QED) is 0.694. The molecule has 1 heteroatoms. The molecule has 0 radical (unpaired) electrons. The summed E-state index contributed by atoms with van der Waals surface area (Å²) in [4.78, 5) is 0. The fourth-order valence-electron chi connectivity index (χ4n) is 1.98. The second-order valence-corrected chi connectivity index (χ2v) is 5.72. The van der Waals surface area contributed by atoms with Gasteiger partial charge in [0.1, 0.15) is 0 Å². The van der Waals surface area contributed by atoms with E-state index in [0.29, 0.717) is 5.41 Å². The fraction of sp³-hybridized carbons (Fsp3) is 1.00. The average molecular weight is 183 g/mol. The van der Waals surface area contributed by atoms with E-state index in [9.17, 15) is 0 Å². The summed E-state index contributed by atoms with van der Waals surface area (Å²) in [5.41, 5.74) is 0.484. The van der Waals surface area contributed by atoms with Crippen LogP contribution in [0.2, 0.25) is 0 Å². The molecule has 2 unspecified atom stereocenters. The minimum absolute atomic E-state index is 0.484. The molecule has 0 spiro atoms. The van der Waals surface area contributed by atoms with E-state index in [4.69, 9.17) is 0 Å². The number of hydrogen-bond acceptors (Lipinski definition) is 1. The van der Waals surface area contributed by atoms with Crippen molar-refractivity contribution < 1.29 is 0 Å². The molecule has 1 aliphatic rings. The molecule has 2 atom stereocenters. The van der Waals surface area contributed by atoms with Crippen LogP contribution in [0.1, 0.15) is 47.0 Å². The predicted molar refractivity (Wildman–Crippen MR) is 58.8 cm³/mol. The van der Waals surface area contributed by atoms with Gasteiger partial charge in [0.25, 0.3) is 0 Å². The smallest absolute Gasteiger partial charge is 0.00204 e. The molecule has 1 nitrogen and oxygen atoms in total. The van der Waals surface area contributed by atoms with Crippen molar-refractivity contribution in [2.24, 2.45) is 17.3 Å². The first-order valence-corrected chi connectivity index (χ1v) is 5.71. The van der Waals surface area contributed by atoms with Crippen LogP contribution in [0.4, 0.5) is 0 Å². The van der Waals surface area contributed by atoms with Crippen LogP contribution in [0.5, 0.6) is 0 Å². The SMILES string of the molecule is CC(CC1CCCNC1)C(C)(C)C. The van der Waals surface area contributed by atoms with E-state index in [0.717, 1.165) is 11.8 Å².